The van der Waals surface area contributed by atoms with Gasteiger partial charge in [0.1, 0.15) is 12.1 Å². The molecule has 0 fully saturated rings. The topological polar surface area (TPSA) is 176 Å². The van der Waals surface area contributed by atoms with E-state index in [1.807, 2.05) is 81.6 Å². The van der Waals surface area contributed by atoms with Gasteiger partial charge in [0.05, 0.1) is 12.1 Å². The second-order valence-corrected chi connectivity index (χ2v) is 12.6. The molecule has 0 aliphatic rings. The first-order chi connectivity index (χ1) is 22.4. The number of fused-ring (bicyclic) bond motifs is 1. The number of unbranched alkanes of at least 4 members (excludes halogenated alkanes) is 1. The summed E-state index contributed by atoms with van der Waals surface area (Å²) in [6.07, 6.45) is 5.28. The number of hydrogen-bond acceptors (Lipinski definition) is 7. The van der Waals surface area contributed by atoms with Crippen molar-refractivity contribution in [2.75, 3.05) is 6.54 Å². The van der Waals surface area contributed by atoms with Crippen molar-refractivity contribution in [1.82, 2.24) is 26.3 Å². The van der Waals surface area contributed by atoms with Gasteiger partial charge in [0.2, 0.25) is 11.8 Å². The minimum absolute atomic E-state index is 0.0391. The molecule has 0 aliphatic carbocycles. The molecular formula is C37H54N8O2. The summed E-state index contributed by atoms with van der Waals surface area (Å²) in [7, 11) is 0. The molecule has 3 rings (SSSR count). The molecule has 11 N–H and O–H groups in total. The first kappa shape index (κ1) is 36.9. The summed E-state index contributed by atoms with van der Waals surface area (Å²) in [6.45, 7) is 18.6. The molecule has 2 aromatic carbocycles. The lowest BCUT2D eigenvalue weighted by atomic mass is 10.00. The highest BCUT2D eigenvalue weighted by atomic mass is 16.2. The van der Waals surface area contributed by atoms with E-state index in [1.165, 1.54) is 0 Å². The minimum atomic E-state index is -0.719. The van der Waals surface area contributed by atoms with E-state index in [4.69, 9.17) is 17.2 Å². The maximum absolute atomic E-state index is 13.9. The zero-order valence-electron chi connectivity index (χ0n) is 28.2. The zero-order valence-corrected chi connectivity index (χ0v) is 28.2. The van der Waals surface area contributed by atoms with Crippen LogP contribution in [0.4, 0.5) is 0 Å². The van der Waals surface area contributed by atoms with Crippen molar-refractivity contribution in [2.24, 2.45) is 23.1 Å². The summed E-state index contributed by atoms with van der Waals surface area (Å²) in [5.74, 6) is -0.516. The third-order valence-electron chi connectivity index (χ3n) is 8.41. The predicted molar refractivity (Wildman–Crippen MR) is 193 cm³/mol. The van der Waals surface area contributed by atoms with Crippen molar-refractivity contribution in [2.45, 2.75) is 83.1 Å². The Morgan fingerprint density at radius 3 is 2.15 bits per heavy atom. The van der Waals surface area contributed by atoms with Crippen LogP contribution >= 0.6 is 0 Å². The number of para-hydroxylation sites is 1. The quantitative estimate of drug-likeness (QED) is 0.0871. The van der Waals surface area contributed by atoms with Gasteiger partial charge in [-0.05, 0) is 55.8 Å². The lowest BCUT2D eigenvalue weighted by Crippen LogP contribution is -2.54. The van der Waals surface area contributed by atoms with Crippen LogP contribution in [0.15, 0.2) is 97.6 Å². The van der Waals surface area contributed by atoms with Crippen molar-refractivity contribution < 1.29 is 9.59 Å². The van der Waals surface area contributed by atoms with Crippen molar-refractivity contribution in [1.29, 1.82) is 0 Å². The van der Waals surface area contributed by atoms with Crippen LogP contribution in [-0.4, -0.2) is 53.6 Å². The lowest BCUT2D eigenvalue weighted by molar-refractivity contribution is -0.124. The third kappa shape index (κ3) is 11.0. The average molecular weight is 643 g/mol. The molecule has 10 nitrogen and oxygen atoms in total. The van der Waals surface area contributed by atoms with Crippen LogP contribution in [0, 0.1) is 5.92 Å². The van der Waals surface area contributed by atoms with Gasteiger partial charge in [-0.25, -0.2) is 0 Å². The van der Waals surface area contributed by atoms with Crippen LogP contribution in [-0.2, 0) is 22.4 Å². The summed E-state index contributed by atoms with van der Waals surface area (Å²) in [5.41, 5.74) is 22.5. The van der Waals surface area contributed by atoms with E-state index in [2.05, 4.69) is 46.0 Å². The number of hydrogen-bond donors (Lipinski definition) is 8. The van der Waals surface area contributed by atoms with E-state index < -0.39 is 24.2 Å². The molecular weight excluding hydrogens is 588 g/mol. The number of nitrogens with two attached hydrogens (primary N) is 3. The van der Waals surface area contributed by atoms with Gasteiger partial charge in [-0.1, -0.05) is 88.5 Å². The van der Waals surface area contributed by atoms with Gasteiger partial charge in [0.25, 0.3) is 0 Å². The van der Waals surface area contributed by atoms with Crippen molar-refractivity contribution >= 4 is 22.7 Å². The molecule has 0 spiro atoms. The van der Waals surface area contributed by atoms with Gasteiger partial charge >= 0.3 is 0 Å². The highest BCUT2D eigenvalue weighted by Gasteiger charge is 2.28. The first-order valence-electron chi connectivity index (χ1n) is 16.4. The van der Waals surface area contributed by atoms with Gasteiger partial charge in [-0.3, -0.25) is 9.59 Å². The smallest absolute Gasteiger partial charge is 0.243 e. The molecule has 254 valence electrons. The number of carbonyl (C=O) groups is 2. The van der Waals surface area contributed by atoms with Gasteiger partial charge in [-0.15, -0.1) is 0 Å². The zero-order chi connectivity index (χ0) is 34.5. The Balaban J connectivity index is 1.74. The molecule has 2 amide bonds. The Morgan fingerprint density at radius 1 is 0.809 bits per heavy atom. The van der Waals surface area contributed by atoms with Crippen LogP contribution in [0.1, 0.15) is 51.2 Å². The summed E-state index contributed by atoms with van der Waals surface area (Å²) < 4.78 is 0. The fourth-order valence-corrected chi connectivity index (χ4v) is 5.39. The van der Waals surface area contributed by atoms with E-state index in [1.54, 1.807) is 0 Å². The maximum atomic E-state index is 13.9. The highest BCUT2D eigenvalue weighted by molar-refractivity contribution is 5.87. The van der Waals surface area contributed by atoms with Gasteiger partial charge in [0, 0.05) is 46.7 Å². The summed E-state index contributed by atoms with van der Waals surface area (Å²) >= 11 is 0. The van der Waals surface area contributed by atoms with E-state index in [9.17, 15) is 9.59 Å². The molecule has 0 bridgehead atoms. The number of rotatable bonds is 20. The minimum Gasteiger partial charge on any atom is -0.401 e. The van der Waals surface area contributed by atoms with Gasteiger partial charge in [0.15, 0.2) is 0 Å². The number of carbonyl (C=O) groups excluding carboxylic acids is 2. The Kier molecular flexibility index (Phi) is 14.1. The fourth-order valence-electron chi connectivity index (χ4n) is 5.39. The predicted octanol–water partition coefficient (Wildman–Crippen LogP) is 3.47. The third-order valence-corrected chi connectivity index (χ3v) is 8.41. The molecule has 2 unspecified atom stereocenters. The Hall–Kier alpha value is -4.54. The molecule has 0 saturated carbocycles. The molecule has 0 aliphatic heterocycles. The van der Waals surface area contributed by atoms with Gasteiger partial charge in [-0.2, -0.15) is 0 Å². The largest absolute Gasteiger partial charge is 0.401 e. The summed E-state index contributed by atoms with van der Waals surface area (Å²) in [6, 6.07) is 15.2. The van der Waals surface area contributed by atoms with Crippen LogP contribution in [0.25, 0.3) is 10.9 Å². The van der Waals surface area contributed by atoms with E-state index in [0.29, 0.717) is 36.5 Å². The lowest BCUT2D eigenvalue weighted by Gasteiger charge is -2.30. The molecule has 5 atom stereocenters. The van der Waals surface area contributed by atoms with E-state index in [0.717, 1.165) is 41.3 Å². The molecule has 0 saturated heterocycles. The standard InChI is InChI=1S/C37H54N8O2/c1-23(2)35(43-27(6)31(40)17-12-13-19-38)37(47)44-26(5)25(4)42-34(21-29-22-41-32-18-11-10-16-30(29)32)36(46)45-33(24(3)39)20-28-14-8-7-9-15-28/h7-11,14-16,18,22-23,26,31,33-35,41-43H,3-4,6,12-13,17,19-21,38-40H2,1-2,5H3,(H,44,47)(H,45,46)/t26?,31-,33?,34-,35-/m0/s1. The second-order valence-electron chi connectivity index (χ2n) is 12.6. The molecule has 10 heteroatoms. The summed E-state index contributed by atoms with van der Waals surface area (Å²) in [4.78, 5) is 30.7. The Labute approximate surface area is 279 Å². The van der Waals surface area contributed by atoms with Gasteiger partial charge < -0.3 is 43.5 Å². The van der Waals surface area contributed by atoms with Crippen LogP contribution in [0.3, 0.4) is 0 Å². The van der Waals surface area contributed by atoms with Crippen molar-refractivity contribution in [3.05, 3.63) is 109 Å². The average Bonchev–Trinajstić information content (AvgIpc) is 3.45. The fraction of sp³-hybridized carbons (Fsp3) is 0.405. The molecule has 1 aromatic heterocycles. The number of benzene rings is 2. The van der Waals surface area contributed by atoms with Crippen LogP contribution < -0.4 is 38.5 Å². The second kappa shape index (κ2) is 18.0. The number of aromatic amines is 1. The number of nitrogens with one attached hydrogen (secondary N) is 5. The Bertz CT molecular complexity index is 1500. The van der Waals surface area contributed by atoms with Crippen molar-refractivity contribution in [3.63, 3.8) is 0 Å². The maximum Gasteiger partial charge on any atom is 0.243 e. The van der Waals surface area contributed by atoms with E-state index >= 15 is 0 Å². The molecule has 1 heterocycles. The monoisotopic (exact) mass is 642 g/mol. The molecule has 3 aromatic rings. The highest BCUT2D eigenvalue weighted by Crippen LogP contribution is 2.20. The normalized spacial score (nSPS) is 14.4. The number of aromatic nitrogens is 1. The summed E-state index contributed by atoms with van der Waals surface area (Å²) in [5, 5.41) is 13.7. The van der Waals surface area contributed by atoms with Crippen LogP contribution in [0.5, 0.6) is 0 Å². The Morgan fingerprint density at radius 2 is 1.49 bits per heavy atom. The first-order valence-corrected chi connectivity index (χ1v) is 16.4. The number of H-pyrrole nitrogens is 1. The van der Waals surface area contributed by atoms with Crippen LogP contribution in [0.2, 0.25) is 0 Å². The number of amides is 2. The SMILES string of the molecule is C=C(N[C@@H](Cc1c[nH]c2ccccc12)C(=O)NC(Cc1ccccc1)C(=C)N)C(C)NC(=O)[C@@H](NC(=C)[C@@H](N)CCCCN)C(C)C. The van der Waals surface area contributed by atoms with E-state index in [-0.39, 0.29) is 23.8 Å². The molecule has 0 radical (unpaired) electrons. The molecule has 47 heavy (non-hydrogen) atoms. The van der Waals surface area contributed by atoms with Crippen molar-refractivity contribution in [3.8, 4) is 0 Å².